The molecule has 0 bridgehead atoms. The first-order chi connectivity index (χ1) is 11.1. The molecule has 1 unspecified atom stereocenters. The highest BCUT2D eigenvalue weighted by Gasteiger charge is 2.09. The SMILES string of the molecule is CN=C(NCc1ccc(C#N)cc1)NC(C)c1ccccc1C.I. The average molecular weight is 434 g/mol. The van der Waals surface area contributed by atoms with Crippen LogP contribution in [-0.4, -0.2) is 13.0 Å². The third-order valence-corrected chi connectivity index (χ3v) is 3.77. The minimum atomic E-state index is 0. The standard InChI is InChI=1S/C19H22N4.HI/c1-14-6-4-5-7-18(14)15(2)23-19(21-3)22-13-17-10-8-16(12-20)9-11-17;/h4-11,15H,13H2,1-3H3,(H2,21,22,23);1H. The molecule has 0 aromatic heterocycles. The first kappa shape index (κ1) is 20.0. The number of aryl methyl sites for hydroxylation is 1. The van der Waals surface area contributed by atoms with E-state index in [4.69, 9.17) is 5.26 Å². The third kappa shape index (κ3) is 5.53. The molecule has 0 aliphatic carbocycles. The van der Waals surface area contributed by atoms with Crippen molar-refractivity contribution in [3.8, 4) is 6.07 Å². The number of guanidine groups is 1. The molecule has 0 spiro atoms. The van der Waals surface area contributed by atoms with Crippen LogP contribution in [0.1, 0.15) is 35.2 Å². The van der Waals surface area contributed by atoms with Crippen molar-refractivity contribution in [1.29, 1.82) is 5.26 Å². The molecule has 126 valence electrons. The molecule has 0 saturated carbocycles. The number of aliphatic imine (C=N–C) groups is 1. The highest BCUT2D eigenvalue weighted by Crippen LogP contribution is 2.16. The van der Waals surface area contributed by atoms with Gasteiger partial charge in [0, 0.05) is 13.6 Å². The first-order valence-corrected chi connectivity index (χ1v) is 7.65. The zero-order valence-electron chi connectivity index (χ0n) is 14.2. The lowest BCUT2D eigenvalue weighted by Gasteiger charge is -2.20. The Kier molecular flexibility index (Phi) is 8.27. The molecule has 0 fully saturated rings. The van der Waals surface area contributed by atoms with E-state index in [1.165, 1.54) is 11.1 Å². The van der Waals surface area contributed by atoms with E-state index < -0.39 is 0 Å². The van der Waals surface area contributed by atoms with Gasteiger partial charge in [-0.25, -0.2) is 0 Å². The molecular formula is C19H23IN4. The van der Waals surface area contributed by atoms with E-state index in [1.807, 2.05) is 36.4 Å². The number of rotatable bonds is 4. The quantitative estimate of drug-likeness (QED) is 0.436. The summed E-state index contributed by atoms with van der Waals surface area (Å²) in [5.41, 5.74) is 4.30. The summed E-state index contributed by atoms with van der Waals surface area (Å²) in [7, 11) is 1.76. The zero-order chi connectivity index (χ0) is 16.7. The Morgan fingerprint density at radius 2 is 1.83 bits per heavy atom. The van der Waals surface area contributed by atoms with Crippen molar-refractivity contribution < 1.29 is 0 Å². The van der Waals surface area contributed by atoms with Gasteiger partial charge in [-0.2, -0.15) is 5.26 Å². The Hall–Kier alpha value is -2.07. The summed E-state index contributed by atoms with van der Waals surface area (Å²) in [6.07, 6.45) is 0. The molecular weight excluding hydrogens is 411 g/mol. The lowest BCUT2D eigenvalue weighted by atomic mass is 10.0. The van der Waals surface area contributed by atoms with Crippen LogP contribution in [-0.2, 0) is 6.54 Å². The van der Waals surface area contributed by atoms with Gasteiger partial charge in [0.05, 0.1) is 17.7 Å². The number of hydrogen-bond donors (Lipinski definition) is 2. The molecule has 0 heterocycles. The fourth-order valence-electron chi connectivity index (χ4n) is 2.43. The second kappa shape index (κ2) is 9.93. The molecule has 24 heavy (non-hydrogen) atoms. The van der Waals surface area contributed by atoms with Gasteiger partial charge in [-0.15, -0.1) is 24.0 Å². The normalized spacial score (nSPS) is 11.8. The highest BCUT2D eigenvalue weighted by atomic mass is 127. The number of halogens is 1. The van der Waals surface area contributed by atoms with Crippen molar-refractivity contribution >= 4 is 29.9 Å². The molecule has 4 nitrogen and oxygen atoms in total. The van der Waals surface area contributed by atoms with E-state index >= 15 is 0 Å². The smallest absolute Gasteiger partial charge is 0.191 e. The Balaban J connectivity index is 0.00000288. The highest BCUT2D eigenvalue weighted by molar-refractivity contribution is 14.0. The molecule has 0 radical (unpaired) electrons. The average Bonchev–Trinajstić information content (AvgIpc) is 2.59. The van der Waals surface area contributed by atoms with Crippen LogP contribution < -0.4 is 10.6 Å². The van der Waals surface area contributed by atoms with Crippen molar-refractivity contribution in [3.05, 3.63) is 70.8 Å². The Labute approximate surface area is 161 Å². The summed E-state index contributed by atoms with van der Waals surface area (Å²) in [5.74, 6) is 0.755. The number of nitrogens with one attached hydrogen (secondary N) is 2. The van der Waals surface area contributed by atoms with Gasteiger partial charge < -0.3 is 10.6 Å². The minimum Gasteiger partial charge on any atom is -0.352 e. The Bertz CT molecular complexity index is 717. The summed E-state index contributed by atoms with van der Waals surface area (Å²) >= 11 is 0. The molecule has 0 saturated heterocycles. The van der Waals surface area contributed by atoms with Gasteiger partial charge in [0.25, 0.3) is 0 Å². The van der Waals surface area contributed by atoms with Crippen LogP contribution >= 0.6 is 24.0 Å². The van der Waals surface area contributed by atoms with E-state index in [1.54, 1.807) is 7.05 Å². The van der Waals surface area contributed by atoms with Crippen LogP contribution in [0, 0.1) is 18.3 Å². The minimum absolute atomic E-state index is 0. The number of hydrogen-bond acceptors (Lipinski definition) is 2. The fraction of sp³-hybridized carbons (Fsp3) is 0.263. The van der Waals surface area contributed by atoms with Crippen molar-refractivity contribution in [2.75, 3.05) is 7.05 Å². The topological polar surface area (TPSA) is 60.2 Å². The van der Waals surface area contributed by atoms with Gasteiger partial charge >= 0.3 is 0 Å². The van der Waals surface area contributed by atoms with Crippen LogP contribution in [0.3, 0.4) is 0 Å². The summed E-state index contributed by atoms with van der Waals surface area (Å²) < 4.78 is 0. The first-order valence-electron chi connectivity index (χ1n) is 7.65. The molecule has 0 aliphatic rings. The van der Waals surface area contributed by atoms with Gasteiger partial charge in [0.1, 0.15) is 0 Å². The predicted octanol–water partition coefficient (Wildman–Crippen LogP) is 3.91. The Morgan fingerprint density at radius 3 is 2.42 bits per heavy atom. The number of nitriles is 1. The number of nitrogens with zero attached hydrogens (tertiary/aromatic N) is 2. The van der Waals surface area contributed by atoms with Crippen LogP contribution in [0.25, 0.3) is 0 Å². The maximum absolute atomic E-state index is 8.82. The molecule has 2 rings (SSSR count). The van der Waals surface area contributed by atoms with Gasteiger partial charge in [0.2, 0.25) is 0 Å². The molecule has 2 aromatic carbocycles. The van der Waals surface area contributed by atoms with E-state index in [9.17, 15) is 0 Å². The summed E-state index contributed by atoms with van der Waals surface area (Å²) in [6.45, 7) is 4.89. The van der Waals surface area contributed by atoms with E-state index in [0.717, 1.165) is 11.5 Å². The van der Waals surface area contributed by atoms with Crippen LogP contribution in [0.2, 0.25) is 0 Å². The van der Waals surface area contributed by atoms with Crippen molar-refractivity contribution in [1.82, 2.24) is 10.6 Å². The monoisotopic (exact) mass is 434 g/mol. The van der Waals surface area contributed by atoms with E-state index in [2.05, 4.69) is 47.7 Å². The van der Waals surface area contributed by atoms with Crippen LogP contribution in [0.5, 0.6) is 0 Å². The van der Waals surface area contributed by atoms with Crippen LogP contribution in [0.15, 0.2) is 53.5 Å². The predicted molar refractivity (Wildman–Crippen MR) is 110 cm³/mol. The summed E-state index contributed by atoms with van der Waals surface area (Å²) in [5, 5.41) is 15.5. The Morgan fingerprint density at radius 1 is 1.17 bits per heavy atom. The molecule has 5 heteroatoms. The maximum Gasteiger partial charge on any atom is 0.191 e. The molecule has 2 N–H and O–H groups in total. The third-order valence-electron chi connectivity index (χ3n) is 3.77. The molecule has 1 atom stereocenters. The van der Waals surface area contributed by atoms with E-state index in [-0.39, 0.29) is 30.0 Å². The largest absolute Gasteiger partial charge is 0.352 e. The number of benzene rings is 2. The maximum atomic E-state index is 8.82. The van der Waals surface area contributed by atoms with Crippen molar-refractivity contribution in [2.45, 2.75) is 26.4 Å². The lowest BCUT2D eigenvalue weighted by Crippen LogP contribution is -2.38. The lowest BCUT2D eigenvalue weighted by molar-refractivity contribution is 0.681. The van der Waals surface area contributed by atoms with Gasteiger partial charge in [-0.1, -0.05) is 36.4 Å². The van der Waals surface area contributed by atoms with Crippen LogP contribution in [0.4, 0.5) is 0 Å². The molecule has 0 amide bonds. The fourth-order valence-corrected chi connectivity index (χ4v) is 2.43. The second-order valence-electron chi connectivity index (χ2n) is 5.46. The molecule has 0 aliphatic heterocycles. The zero-order valence-corrected chi connectivity index (χ0v) is 16.5. The van der Waals surface area contributed by atoms with Crippen molar-refractivity contribution in [3.63, 3.8) is 0 Å². The summed E-state index contributed by atoms with van der Waals surface area (Å²) in [4.78, 5) is 4.27. The summed E-state index contributed by atoms with van der Waals surface area (Å²) in [6, 6.07) is 18.2. The van der Waals surface area contributed by atoms with Crippen molar-refractivity contribution in [2.24, 2.45) is 4.99 Å². The van der Waals surface area contributed by atoms with E-state index in [0.29, 0.717) is 12.1 Å². The molecule has 2 aromatic rings. The van der Waals surface area contributed by atoms with Gasteiger partial charge in [0.15, 0.2) is 5.96 Å². The van der Waals surface area contributed by atoms with Gasteiger partial charge in [-0.05, 0) is 42.7 Å². The van der Waals surface area contributed by atoms with Gasteiger partial charge in [-0.3, -0.25) is 4.99 Å². The second-order valence-corrected chi connectivity index (χ2v) is 5.46.